The van der Waals surface area contributed by atoms with Crippen molar-refractivity contribution >= 4 is 92.8 Å². The molecule has 2 N–H and O–H groups in total. The molecule has 0 saturated heterocycles. The topological polar surface area (TPSA) is 290 Å². The zero-order valence-electron chi connectivity index (χ0n) is 78.1. The van der Waals surface area contributed by atoms with E-state index in [1.807, 2.05) is 168 Å². The van der Waals surface area contributed by atoms with E-state index in [-0.39, 0.29) is 64.6 Å². The lowest BCUT2D eigenvalue weighted by atomic mass is 9.85. The Labute approximate surface area is 785 Å². The van der Waals surface area contributed by atoms with E-state index in [2.05, 4.69) is 9.47 Å². The van der Waals surface area contributed by atoms with Crippen LogP contribution in [0.25, 0.3) is 98.8 Å². The van der Waals surface area contributed by atoms with Gasteiger partial charge in [-0.15, -0.1) is 26.3 Å². The molecule has 3 aliphatic rings. The van der Waals surface area contributed by atoms with Gasteiger partial charge in [0.25, 0.3) is 11.1 Å². The van der Waals surface area contributed by atoms with Crippen LogP contribution < -0.4 is 44.7 Å². The van der Waals surface area contributed by atoms with Gasteiger partial charge in [-0.3, -0.25) is 38.9 Å². The molecular formula is C107H101F6N7O16S. The largest absolute Gasteiger partial charge is 0.573 e. The molecule has 0 unspecified atom stereocenters. The first-order valence-corrected chi connectivity index (χ1v) is 46.1. The van der Waals surface area contributed by atoms with Crippen molar-refractivity contribution in [3.8, 4) is 68.0 Å². The zero-order valence-corrected chi connectivity index (χ0v) is 78.9. The number of rotatable bonds is 22. The summed E-state index contributed by atoms with van der Waals surface area (Å²) in [4.78, 5) is 85.9. The Morgan fingerprint density at radius 3 is 1.21 bits per heavy atom. The number of aromatic nitrogens is 6. The number of sulfonamides is 1. The van der Waals surface area contributed by atoms with Crippen LogP contribution in [-0.4, -0.2) is 104 Å². The molecule has 0 saturated carbocycles. The lowest BCUT2D eigenvalue weighted by molar-refractivity contribution is -0.275. The number of benzene rings is 9. The van der Waals surface area contributed by atoms with Gasteiger partial charge in [0, 0.05) is 105 Å². The molecule has 23 nitrogen and oxygen atoms in total. The summed E-state index contributed by atoms with van der Waals surface area (Å²) < 4.78 is 155. The summed E-state index contributed by atoms with van der Waals surface area (Å²) >= 11 is 0. The van der Waals surface area contributed by atoms with Gasteiger partial charge in [-0.25, -0.2) is 18.5 Å². The minimum Gasteiger partial charge on any atom is -0.493 e. The number of ether oxygens (including phenoxy) is 9. The molecule has 137 heavy (non-hydrogen) atoms. The predicted molar refractivity (Wildman–Crippen MR) is 512 cm³/mol. The predicted octanol–water partition coefficient (Wildman–Crippen LogP) is 22.1. The molecule has 3 aliphatic heterocycles. The fourth-order valence-electron chi connectivity index (χ4n) is 18.2. The second-order valence-electron chi connectivity index (χ2n) is 37.3. The Hall–Kier alpha value is -13.8. The van der Waals surface area contributed by atoms with E-state index in [9.17, 15) is 58.7 Å². The smallest absolute Gasteiger partial charge is 0.493 e. The summed E-state index contributed by atoms with van der Waals surface area (Å²) in [5, 5.41) is 10.2. The summed E-state index contributed by atoms with van der Waals surface area (Å²) in [6.07, 6.45) is -4.74. The van der Waals surface area contributed by atoms with E-state index >= 15 is 0 Å². The highest BCUT2D eigenvalue weighted by atomic mass is 32.2. The van der Waals surface area contributed by atoms with E-state index in [1.54, 1.807) is 60.3 Å². The Kier molecular flexibility index (Phi) is 26.5. The molecule has 3 atom stereocenters. The van der Waals surface area contributed by atoms with Crippen molar-refractivity contribution in [2.75, 3.05) is 19.8 Å². The fraction of sp³-hybridized carbons (Fsp3) is 0.299. The molecule has 15 aromatic rings. The summed E-state index contributed by atoms with van der Waals surface area (Å²) in [5.41, 5.74) is 15.6. The first-order chi connectivity index (χ1) is 64.7. The number of pyridine rings is 6. The number of nitrogens with zero attached hydrogens (tertiary/aromatic N) is 6. The van der Waals surface area contributed by atoms with Gasteiger partial charge in [-0.05, 0) is 315 Å². The zero-order chi connectivity index (χ0) is 98.0. The van der Waals surface area contributed by atoms with Crippen molar-refractivity contribution in [3.05, 3.63) is 288 Å². The van der Waals surface area contributed by atoms with E-state index in [1.165, 1.54) is 90.7 Å². The van der Waals surface area contributed by atoms with E-state index < -0.39 is 57.9 Å². The third-order valence-electron chi connectivity index (χ3n) is 23.7. The van der Waals surface area contributed by atoms with Crippen LogP contribution in [-0.2, 0) is 77.6 Å². The van der Waals surface area contributed by atoms with Gasteiger partial charge in [0.2, 0.25) is 15.9 Å². The van der Waals surface area contributed by atoms with E-state index in [4.69, 9.17) is 58.2 Å². The van der Waals surface area contributed by atoms with Crippen molar-refractivity contribution < 1.29 is 91.8 Å². The molecule has 708 valence electrons. The third-order valence-corrected chi connectivity index (χ3v) is 24.7. The van der Waals surface area contributed by atoms with Crippen LogP contribution in [0.2, 0.25) is 0 Å². The highest BCUT2D eigenvalue weighted by Gasteiger charge is 2.38. The van der Waals surface area contributed by atoms with Crippen molar-refractivity contribution in [1.29, 1.82) is 0 Å². The molecule has 6 aromatic heterocycles. The number of ketones is 3. The quantitative estimate of drug-likeness (QED) is 0.0617. The maximum Gasteiger partial charge on any atom is 0.573 e. The average molecular weight is 1890 g/mol. The van der Waals surface area contributed by atoms with Crippen molar-refractivity contribution in [1.82, 2.24) is 29.1 Å². The van der Waals surface area contributed by atoms with Crippen LogP contribution >= 0.6 is 0 Å². The van der Waals surface area contributed by atoms with Crippen molar-refractivity contribution in [2.45, 2.75) is 196 Å². The van der Waals surface area contributed by atoms with Crippen LogP contribution in [0.3, 0.4) is 0 Å². The molecule has 0 spiro atoms. The van der Waals surface area contributed by atoms with Gasteiger partial charge in [-0.1, -0.05) is 36.4 Å². The molecule has 9 heterocycles. The number of fused-ring (bicyclic) bond motifs is 3. The SMILES string of the molecule is CC(=O)[C@@H](OC(C)(C)C)c1c(C)cc2c(ccc(=O)n2Cc2ccc(OC(F)(F)F)cc2)c1-c1ccc2c3c(ccnc13)CCO2.CC(=O)[C@@H](OC(C)(C)C)c1c(C)cc2c(ccc(=O)n2Cc2cccc(OC(F)(F)F)c2)c1-c1ccc2c3c(ccnc13)CCO2.CC(=O)[C@@H](OC(C)(C)C)c1c(C)cc2nc(OCc3ccc(S(N)(=O)=O)cc3)ccc2c1-c1ccc2c3c(ccnc13)CCO2. The van der Waals surface area contributed by atoms with Gasteiger partial charge in [-0.2, -0.15) is 0 Å². The Morgan fingerprint density at radius 2 is 0.818 bits per heavy atom. The molecule has 0 amide bonds. The third kappa shape index (κ3) is 21.0. The number of hydrogen-bond acceptors (Lipinski definition) is 20. The summed E-state index contributed by atoms with van der Waals surface area (Å²) in [6.45, 7) is 29.4. The van der Waals surface area contributed by atoms with Crippen LogP contribution in [0.15, 0.2) is 215 Å². The molecule has 0 aliphatic carbocycles. The van der Waals surface area contributed by atoms with Crippen LogP contribution in [0.5, 0.6) is 34.6 Å². The molecule has 0 radical (unpaired) electrons. The highest BCUT2D eigenvalue weighted by molar-refractivity contribution is 7.89. The number of alkyl halides is 6. The number of nitrogens with two attached hydrogens (primary N) is 1. The molecule has 30 heteroatoms. The van der Waals surface area contributed by atoms with Crippen LogP contribution in [0, 0.1) is 20.8 Å². The number of halogens is 6. The van der Waals surface area contributed by atoms with Crippen molar-refractivity contribution in [3.63, 3.8) is 0 Å². The van der Waals surface area contributed by atoms with Crippen molar-refractivity contribution in [2.24, 2.45) is 5.14 Å². The number of primary sulfonamides is 1. The van der Waals surface area contributed by atoms with Gasteiger partial charge >= 0.3 is 12.7 Å². The monoisotopic (exact) mass is 1890 g/mol. The number of carbonyl (C=O) groups excluding carboxylic acids is 3. The average Bonchev–Trinajstić information content (AvgIpc) is 0.731. The lowest BCUT2D eigenvalue weighted by Gasteiger charge is -2.30. The Bertz CT molecular complexity index is 7560. The summed E-state index contributed by atoms with van der Waals surface area (Å²) in [6, 6.07) is 50.5. The summed E-state index contributed by atoms with van der Waals surface area (Å²) in [5.74, 6) is 1.45. The molecule has 0 bridgehead atoms. The lowest BCUT2D eigenvalue weighted by Crippen LogP contribution is -2.27. The first-order valence-electron chi connectivity index (χ1n) is 44.6. The van der Waals surface area contributed by atoms with Gasteiger partial charge < -0.3 is 51.8 Å². The minimum absolute atomic E-state index is 0.0198. The molecule has 0 fully saturated rings. The minimum atomic E-state index is -4.85. The number of Topliss-reactive ketones (excluding diaryl/α,β-unsaturated/α-hetero) is 3. The summed E-state index contributed by atoms with van der Waals surface area (Å²) in [7, 11) is -3.78. The van der Waals surface area contributed by atoms with E-state index in [0.717, 1.165) is 119 Å². The second-order valence-corrected chi connectivity index (χ2v) is 38.8. The second kappa shape index (κ2) is 37.7. The number of hydrogen-bond donors (Lipinski definition) is 1. The molecular weight excluding hydrogens is 1790 g/mol. The maximum atomic E-state index is 13.4. The standard InChI is InChI=1S/2C36H33F3N2O5.C35H35N3O6S/c1-20-18-27-25(11-13-29(43)41(27)19-22-6-8-24(9-7-22)45-36(37,38)39)32(30(20)34(21(2)42)46-35(3,4)5)26-10-12-28-31-23(15-17-44-28)14-16-40-33(26)31;1-20-17-27-25(10-12-29(43)41(27)19-22-7-6-8-24(18-22)45-36(37,38)39)32(30(20)34(21(2)42)46-35(3,4)5)26-9-11-28-31-23(14-16-44-28)13-15-40-33(26)31;1-20-18-27-25(11-13-29(38-27)43-19-22-6-8-24(9-7-22)45(36,40)41)32(30(20)34(21(2)39)44-35(3,4)5)26-10-12-28-31-23(15-17-42-28)14-16-37-33(26)31/h6-14,16,18,34H,15,17,19H2,1-5H3;6-13,15,17-18,34H,14,16,19H2,1-5H3;6-14,16,18,34H,15,17,19H2,1-5H3,(H2,36,40,41)/t3*34-/m111/s1. The first kappa shape index (κ1) is 96.3. The number of aryl methyl sites for hydroxylation is 3. The normalized spacial score (nSPS) is 13.9. The van der Waals surface area contributed by atoms with Gasteiger partial charge in [0.15, 0.2) is 17.3 Å². The highest BCUT2D eigenvalue weighted by Crippen LogP contribution is 2.51. The molecule has 18 rings (SSSR count). The van der Waals surface area contributed by atoms with Gasteiger partial charge in [0.1, 0.15) is 53.7 Å². The van der Waals surface area contributed by atoms with Crippen LogP contribution in [0.4, 0.5) is 26.3 Å². The fourth-order valence-corrected chi connectivity index (χ4v) is 18.7. The Balaban J connectivity index is 0.000000149. The Morgan fingerprint density at radius 1 is 0.438 bits per heavy atom. The van der Waals surface area contributed by atoms with Gasteiger partial charge in [0.05, 0.1) is 87.7 Å². The number of carbonyl (C=O) groups is 3. The maximum absolute atomic E-state index is 13.4. The van der Waals surface area contributed by atoms with E-state index in [0.29, 0.717) is 103 Å². The molecule has 9 aromatic carbocycles. The van der Waals surface area contributed by atoms with Crippen LogP contribution in [0.1, 0.15) is 168 Å².